The molecule has 2 aromatic carbocycles. The number of nitrogens with zero attached hydrogens (tertiary/aromatic N) is 3. The van der Waals surface area contributed by atoms with Crippen molar-refractivity contribution in [3.8, 4) is 5.75 Å². The number of rotatable bonds is 6. The third-order valence-corrected chi connectivity index (χ3v) is 5.06. The average Bonchev–Trinajstić information content (AvgIpc) is 2.72. The van der Waals surface area contributed by atoms with Crippen LogP contribution in [0.2, 0.25) is 0 Å². The first-order valence-electron chi connectivity index (χ1n) is 9.55. The Morgan fingerprint density at radius 3 is 2.53 bits per heavy atom. The van der Waals surface area contributed by atoms with E-state index in [0.29, 0.717) is 6.21 Å². The van der Waals surface area contributed by atoms with Crippen molar-refractivity contribution in [3.63, 3.8) is 0 Å². The summed E-state index contributed by atoms with van der Waals surface area (Å²) in [6.07, 6.45) is -4.33. The smallest absolute Gasteiger partial charge is 0.422 e. The van der Waals surface area contributed by atoms with Crippen molar-refractivity contribution in [2.24, 2.45) is 4.99 Å². The number of aliphatic imine (C=N–C) groups is 1. The molecule has 0 aliphatic rings. The Kier molecular flexibility index (Phi) is 6.45. The van der Waals surface area contributed by atoms with Gasteiger partial charge in [0, 0.05) is 23.4 Å². The molecule has 32 heavy (non-hydrogen) atoms. The SMILES string of the molecule is COc1c(F)cccc1C(C)CC(O)(C=Nc1ccc(F)c2nc(C)ncc12)C(F)(F)F. The molecule has 0 spiro atoms. The van der Waals surface area contributed by atoms with E-state index >= 15 is 0 Å². The van der Waals surface area contributed by atoms with Gasteiger partial charge in [-0.05, 0) is 37.5 Å². The molecule has 5 nitrogen and oxygen atoms in total. The first-order chi connectivity index (χ1) is 15.0. The van der Waals surface area contributed by atoms with Crippen LogP contribution in [0.15, 0.2) is 41.5 Å². The third-order valence-electron chi connectivity index (χ3n) is 5.06. The molecule has 3 aromatic rings. The van der Waals surface area contributed by atoms with Gasteiger partial charge in [0.2, 0.25) is 0 Å². The normalized spacial score (nSPS) is 15.2. The van der Waals surface area contributed by atoms with Crippen molar-refractivity contribution in [1.29, 1.82) is 0 Å². The lowest BCUT2D eigenvalue weighted by Gasteiger charge is -2.30. The number of benzene rings is 2. The lowest BCUT2D eigenvalue weighted by molar-refractivity contribution is -0.231. The standard InChI is InChI=1S/C22H20F5N3O2/c1-12(14-5-4-6-17(24)20(14)32-3)9-21(31,22(25,26)27)11-29-18-8-7-16(23)19-15(18)10-28-13(2)30-19/h4-8,10-12,31H,9H2,1-3H3. The van der Waals surface area contributed by atoms with E-state index in [4.69, 9.17) is 4.74 Å². The van der Waals surface area contributed by atoms with Gasteiger partial charge in [0.25, 0.3) is 0 Å². The van der Waals surface area contributed by atoms with Crippen LogP contribution in [-0.4, -0.2) is 40.2 Å². The quantitative estimate of drug-likeness (QED) is 0.400. The number of ether oxygens (including phenoxy) is 1. The summed E-state index contributed by atoms with van der Waals surface area (Å²) in [5, 5.41) is 10.6. The van der Waals surface area contributed by atoms with Crippen LogP contribution in [0.4, 0.5) is 27.6 Å². The number of aliphatic hydroxyl groups is 1. The number of halogens is 5. The molecular formula is C22H20F5N3O2. The summed E-state index contributed by atoms with van der Waals surface area (Å²) in [7, 11) is 1.20. The minimum atomic E-state index is -5.09. The van der Waals surface area contributed by atoms with Crippen molar-refractivity contribution in [2.75, 3.05) is 7.11 Å². The number of alkyl halides is 3. The zero-order valence-electron chi connectivity index (χ0n) is 17.4. The first kappa shape index (κ1) is 23.5. The highest BCUT2D eigenvalue weighted by molar-refractivity contribution is 5.91. The monoisotopic (exact) mass is 453 g/mol. The Morgan fingerprint density at radius 2 is 1.88 bits per heavy atom. The van der Waals surface area contributed by atoms with Gasteiger partial charge >= 0.3 is 6.18 Å². The van der Waals surface area contributed by atoms with E-state index in [1.807, 2.05) is 0 Å². The number of aromatic nitrogens is 2. The highest BCUT2D eigenvalue weighted by Gasteiger charge is 2.53. The molecule has 1 heterocycles. The molecule has 0 radical (unpaired) electrons. The minimum absolute atomic E-state index is 0.0416. The van der Waals surface area contributed by atoms with Gasteiger partial charge in [-0.15, -0.1) is 0 Å². The second-order valence-corrected chi connectivity index (χ2v) is 7.39. The van der Waals surface area contributed by atoms with Crippen molar-refractivity contribution >= 4 is 22.8 Å². The van der Waals surface area contributed by atoms with E-state index in [1.54, 1.807) is 6.92 Å². The maximum Gasteiger partial charge on any atom is 0.422 e. The predicted molar refractivity (Wildman–Crippen MR) is 109 cm³/mol. The van der Waals surface area contributed by atoms with E-state index in [0.717, 1.165) is 12.1 Å². The molecule has 0 aliphatic heterocycles. The van der Waals surface area contributed by atoms with Gasteiger partial charge in [0.1, 0.15) is 17.2 Å². The van der Waals surface area contributed by atoms with Crippen LogP contribution in [0.25, 0.3) is 10.9 Å². The molecule has 0 bridgehead atoms. The number of hydrogen-bond donors (Lipinski definition) is 1. The fourth-order valence-corrected chi connectivity index (χ4v) is 3.40. The number of aryl methyl sites for hydroxylation is 1. The summed E-state index contributed by atoms with van der Waals surface area (Å²) < 4.78 is 74.5. The van der Waals surface area contributed by atoms with Crippen LogP contribution in [0.1, 0.15) is 30.7 Å². The molecular weight excluding hydrogens is 433 g/mol. The third kappa shape index (κ3) is 4.55. The van der Waals surface area contributed by atoms with Gasteiger partial charge in [-0.3, -0.25) is 4.99 Å². The predicted octanol–water partition coefficient (Wildman–Crippen LogP) is 5.41. The van der Waals surface area contributed by atoms with Gasteiger partial charge in [0.05, 0.1) is 12.8 Å². The first-order valence-corrected chi connectivity index (χ1v) is 9.55. The molecule has 0 amide bonds. The van der Waals surface area contributed by atoms with Crippen molar-refractivity contribution in [1.82, 2.24) is 9.97 Å². The zero-order chi connectivity index (χ0) is 23.7. The number of fused-ring (bicyclic) bond motifs is 1. The van der Waals surface area contributed by atoms with Crippen LogP contribution < -0.4 is 4.74 Å². The number of methoxy groups -OCH3 is 1. The summed E-state index contributed by atoms with van der Waals surface area (Å²) in [5.41, 5.74) is -3.32. The average molecular weight is 453 g/mol. The molecule has 1 N–H and O–H groups in total. The maximum atomic E-state index is 14.1. The van der Waals surface area contributed by atoms with E-state index in [-0.39, 0.29) is 33.7 Å². The molecule has 2 atom stereocenters. The van der Waals surface area contributed by atoms with Crippen molar-refractivity contribution < 1.29 is 31.8 Å². The molecule has 0 saturated heterocycles. The summed E-state index contributed by atoms with van der Waals surface area (Å²) >= 11 is 0. The Labute approximate surface area is 180 Å². The second kappa shape index (κ2) is 8.78. The summed E-state index contributed by atoms with van der Waals surface area (Å²) in [6.45, 7) is 2.95. The summed E-state index contributed by atoms with van der Waals surface area (Å²) in [4.78, 5) is 11.7. The largest absolute Gasteiger partial charge is 0.493 e. The molecule has 0 aliphatic carbocycles. The van der Waals surface area contributed by atoms with Crippen LogP contribution in [0.5, 0.6) is 5.75 Å². The Hall–Kier alpha value is -3.14. The minimum Gasteiger partial charge on any atom is -0.493 e. The Balaban J connectivity index is 2.01. The molecule has 10 heteroatoms. The number of hydrogen-bond acceptors (Lipinski definition) is 5. The van der Waals surface area contributed by atoms with E-state index < -0.39 is 35.8 Å². The van der Waals surface area contributed by atoms with Gasteiger partial charge in [-0.1, -0.05) is 19.1 Å². The van der Waals surface area contributed by atoms with Gasteiger partial charge < -0.3 is 9.84 Å². The fourth-order valence-electron chi connectivity index (χ4n) is 3.40. The Morgan fingerprint density at radius 1 is 1.16 bits per heavy atom. The van der Waals surface area contributed by atoms with Gasteiger partial charge in [-0.25, -0.2) is 18.7 Å². The fraction of sp³-hybridized carbons (Fsp3) is 0.318. The van der Waals surface area contributed by atoms with Gasteiger partial charge in [-0.2, -0.15) is 13.2 Å². The number of para-hydroxylation sites is 1. The highest BCUT2D eigenvalue weighted by atomic mass is 19.4. The molecule has 1 aromatic heterocycles. The highest BCUT2D eigenvalue weighted by Crippen LogP contribution is 2.40. The van der Waals surface area contributed by atoms with E-state index in [2.05, 4.69) is 15.0 Å². The Bertz CT molecular complexity index is 1170. The van der Waals surface area contributed by atoms with Crippen LogP contribution in [-0.2, 0) is 0 Å². The van der Waals surface area contributed by atoms with Crippen LogP contribution in [0.3, 0.4) is 0 Å². The molecule has 2 unspecified atom stereocenters. The van der Waals surface area contributed by atoms with Crippen molar-refractivity contribution in [2.45, 2.75) is 38.0 Å². The second-order valence-electron chi connectivity index (χ2n) is 7.39. The van der Waals surface area contributed by atoms with Crippen molar-refractivity contribution in [3.05, 3.63) is 59.6 Å². The zero-order valence-corrected chi connectivity index (χ0v) is 17.4. The van der Waals surface area contributed by atoms with Crippen LogP contribution >= 0.6 is 0 Å². The summed E-state index contributed by atoms with van der Waals surface area (Å²) in [6, 6.07) is 6.08. The van der Waals surface area contributed by atoms with Gasteiger partial charge in [0.15, 0.2) is 17.2 Å². The maximum absolute atomic E-state index is 14.1. The molecule has 0 fully saturated rings. The topological polar surface area (TPSA) is 67.6 Å². The lowest BCUT2D eigenvalue weighted by Crippen LogP contribution is -2.47. The van der Waals surface area contributed by atoms with Crippen LogP contribution in [0, 0.1) is 18.6 Å². The molecule has 170 valence electrons. The molecule has 3 rings (SSSR count). The van der Waals surface area contributed by atoms with E-state index in [1.165, 1.54) is 38.4 Å². The molecule has 0 saturated carbocycles. The van der Waals surface area contributed by atoms with E-state index in [9.17, 15) is 27.1 Å². The lowest BCUT2D eigenvalue weighted by atomic mass is 9.86. The summed E-state index contributed by atoms with van der Waals surface area (Å²) in [5.74, 6) is -2.27.